The molecule has 0 fully saturated rings. The molecule has 0 aliphatic rings. The highest BCUT2D eigenvalue weighted by Crippen LogP contribution is 2.25. The molecule has 0 aliphatic heterocycles. The molecule has 2 aromatic carbocycles. The van der Waals surface area contributed by atoms with E-state index in [1.54, 1.807) is 4.90 Å². The maximum absolute atomic E-state index is 12.5. The van der Waals surface area contributed by atoms with E-state index in [-0.39, 0.29) is 5.91 Å². The molecule has 0 unspecified atom stereocenters. The minimum absolute atomic E-state index is 0.0478. The second kappa shape index (κ2) is 9.58. The monoisotopic (exact) mass is 478 g/mol. The first-order valence-electron chi connectivity index (χ1n) is 8.78. The molecule has 3 rings (SSSR count). The molecule has 1 amide bonds. The van der Waals surface area contributed by atoms with E-state index in [0.717, 1.165) is 33.1 Å². The van der Waals surface area contributed by atoms with Crippen molar-refractivity contribution in [2.45, 2.75) is 25.2 Å². The number of rotatable bonds is 7. The number of thioether (sulfide) groups is 1. The molecule has 0 radical (unpaired) electrons. The quantitative estimate of drug-likeness (QED) is 0.441. The molecule has 1 heterocycles. The third-order valence-corrected chi connectivity index (χ3v) is 5.95. The van der Waals surface area contributed by atoms with Crippen molar-refractivity contribution in [1.29, 1.82) is 0 Å². The van der Waals surface area contributed by atoms with E-state index in [2.05, 4.69) is 26.1 Å². The molecule has 0 N–H and O–H groups in total. The summed E-state index contributed by atoms with van der Waals surface area (Å²) in [6.07, 6.45) is 0. The Morgan fingerprint density at radius 2 is 1.82 bits per heavy atom. The van der Waals surface area contributed by atoms with Gasteiger partial charge in [-0.15, -0.1) is 10.2 Å². The van der Waals surface area contributed by atoms with Gasteiger partial charge in [0.15, 0.2) is 11.0 Å². The lowest BCUT2D eigenvalue weighted by Gasteiger charge is -2.17. The molecule has 0 saturated heterocycles. The van der Waals surface area contributed by atoms with Crippen molar-refractivity contribution in [2.75, 3.05) is 12.8 Å². The minimum atomic E-state index is 0.0478. The van der Waals surface area contributed by atoms with Gasteiger partial charge in [-0.1, -0.05) is 51.4 Å². The van der Waals surface area contributed by atoms with Gasteiger partial charge in [0.25, 0.3) is 0 Å². The summed E-state index contributed by atoms with van der Waals surface area (Å²) in [5, 5.41) is 10.00. The van der Waals surface area contributed by atoms with E-state index in [1.165, 1.54) is 11.8 Å². The second-order valence-electron chi connectivity index (χ2n) is 6.22. The Morgan fingerprint density at radius 3 is 2.46 bits per heavy atom. The molecule has 1 aromatic heterocycles. The van der Waals surface area contributed by atoms with E-state index >= 15 is 0 Å². The van der Waals surface area contributed by atoms with Gasteiger partial charge in [-0.3, -0.25) is 4.79 Å². The first kappa shape index (κ1) is 20.9. The van der Waals surface area contributed by atoms with Crippen LogP contribution >= 0.6 is 39.3 Å². The number of halogens is 2. The van der Waals surface area contributed by atoms with Crippen LogP contribution in [-0.2, 0) is 17.9 Å². The zero-order valence-corrected chi connectivity index (χ0v) is 18.8. The second-order valence-corrected chi connectivity index (χ2v) is 8.52. The third kappa shape index (κ3) is 5.16. The van der Waals surface area contributed by atoms with Crippen molar-refractivity contribution in [3.63, 3.8) is 0 Å². The van der Waals surface area contributed by atoms with Crippen molar-refractivity contribution in [3.05, 3.63) is 63.6 Å². The highest BCUT2D eigenvalue weighted by atomic mass is 79.9. The molecule has 0 aliphatic carbocycles. The average molecular weight is 480 g/mol. The van der Waals surface area contributed by atoms with Crippen LogP contribution < -0.4 is 0 Å². The first-order valence-corrected chi connectivity index (χ1v) is 10.9. The molecule has 0 bridgehead atoms. The first-order chi connectivity index (χ1) is 13.5. The number of aromatic nitrogens is 3. The van der Waals surface area contributed by atoms with Gasteiger partial charge >= 0.3 is 0 Å². The third-order valence-electron chi connectivity index (χ3n) is 4.22. The van der Waals surface area contributed by atoms with Crippen molar-refractivity contribution >= 4 is 45.2 Å². The summed E-state index contributed by atoms with van der Waals surface area (Å²) in [5.74, 6) is 1.13. The van der Waals surface area contributed by atoms with Gasteiger partial charge < -0.3 is 9.47 Å². The molecular weight excluding hydrogens is 460 g/mol. The number of benzene rings is 2. The molecular formula is C20H20BrClN4OS. The van der Waals surface area contributed by atoms with E-state index in [0.29, 0.717) is 17.3 Å². The number of hydrogen-bond acceptors (Lipinski definition) is 4. The van der Waals surface area contributed by atoms with Gasteiger partial charge in [0.1, 0.15) is 0 Å². The zero-order valence-electron chi connectivity index (χ0n) is 15.6. The Bertz CT molecular complexity index is 944. The number of carbonyl (C=O) groups is 1. The average Bonchev–Trinajstić information content (AvgIpc) is 3.11. The van der Waals surface area contributed by atoms with Crippen LogP contribution in [0.2, 0.25) is 5.02 Å². The maximum Gasteiger partial charge on any atom is 0.233 e. The summed E-state index contributed by atoms with van der Waals surface area (Å²) in [4.78, 5) is 14.3. The van der Waals surface area contributed by atoms with Gasteiger partial charge in [0.2, 0.25) is 5.91 Å². The van der Waals surface area contributed by atoms with Crippen LogP contribution in [0.4, 0.5) is 0 Å². The number of amides is 1. The SMILES string of the molecule is CCn1c(SCC(=O)N(C)Cc2ccc(Br)cc2)nnc1-c1ccc(Cl)cc1. The van der Waals surface area contributed by atoms with E-state index in [4.69, 9.17) is 11.6 Å². The van der Waals surface area contributed by atoms with Crippen molar-refractivity contribution in [3.8, 4) is 11.4 Å². The lowest BCUT2D eigenvalue weighted by atomic mass is 10.2. The van der Waals surface area contributed by atoms with Crippen LogP contribution in [0.1, 0.15) is 12.5 Å². The highest BCUT2D eigenvalue weighted by Gasteiger charge is 2.16. The van der Waals surface area contributed by atoms with Gasteiger partial charge in [-0.2, -0.15) is 0 Å². The predicted molar refractivity (Wildman–Crippen MR) is 117 cm³/mol. The standard InChI is InChI=1S/C20H20BrClN4OS/c1-3-26-19(15-6-10-17(22)11-7-15)23-24-20(26)28-13-18(27)25(2)12-14-4-8-16(21)9-5-14/h4-11H,3,12-13H2,1-2H3. The number of carbonyl (C=O) groups excluding carboxylic acids is 1. The minimum Gasteiger partial charge on any atom is -0.341 e. The molecule has 0 atom stereocenters. The van der Waals surface area contributed by atoms with E-state index in [1.807, 2.05) is 67.1 Å². The summed E-state index contributed by atoms with van der Waals surface area (Å²) in [6.45, 7) is 3.33. The Morgan fingerprint density at radius 1 is 1.14 bits per heavy atom. The summed E-state index contributed by atoms with van der Waals surface area (Å²) >= 11 is 10.8. The van der Waals surface area contributed by atoms with E-state index < -0.39 is 0 Å². The summed E-state index contributed by atoms with van der Waals surface area (Å²) in [7, 11) is 1.81. The smallest absolute Gasteiger partial charge is 0.233 e. The number of nitrogens with zero attached hydrogens (tertiary/aromatic N) is 4. The zero-order chi connectivity index (χ0) is 20.1. The van der Waals surface area contributed by atoms with Crippen LogP contribution in [0, 0.1) is 0 Å². The van der Waals surface area contributed by atoms with Crippen LogP contribution in [-0.4, -0.2) is 38.4 Å². The fourth-order valence-corrected chi connectivity index (χ4v) is 4.01. The maximum atomic E-state index is 12.5. The largest absolute Gasteiger partial charge is 0.341 e. The van der Waals surface area contributed by atoms with Crippen molar-refractivity contribution in [1.82, 2.24) is 19.7 Å². The Hall–Kier alpha value is -1.83. The molecule has 0 spiro atoms. The molecule has 3 aromatic rings. The van der Waals surface area contributed by atoms with Gasteiger partial charge in [0.05, 0.1) is 5.75 Å². The van der Waals surface area contributed by atoms with Crippen LogP contribution in [0.25, 0.3) is 11.4 Å². The lowest BCUT2D eigenvalue weighted by molar-refractivity contribution is -0.127. The van der Waals surface area contributed by atoms with Crippen LogP contribution in [0.15, 0.2) is 58.2 Å². The van der Waals surface area contributed by atoms with Gasteiger partial charge in [-0.05, 0) is 48.9 Å². The van der Waals surface area contributed by atoms with E-state index in [9.17, 15) is 4.79 Å². The predicted octanol–water partition coefficient (Wildman–Crippen LogP) is 5.13. The summed E-state index contributed by atoms with van der Waals surface area (Å²) in [6, 6.07) is 15.5. The Kier molecular flexibility index (Phi) is 7.15. The molecule has 146 valence electrons. The van der Waals surface area contributed by atoms with Gasteiger partial charge in [-0.25, -0.2) is 0 Å². The molecule has 0 saturated carbocycles. The topological polar surface area (TPSA) is 51.0 Å². The number of hydrogen-bond donors (Lipinski definition) is 0. The lowest BCUT2D eigenvalue weighted by Crippen LogP contribution is -2.27. The van der Waals surface area contributed by atoms with Crippen molar-refractivity contribution < 1.29 is 4.79 Å². The fraction of sp³-hybridized carbons (Fsp3) is 0.250. The Labute approximate surface area is 182 Å². The highest BCUT2D eigenvalue weighted by molar-refractivity contribution is 9.10. The normalized spacial score (nSPS) is 10.9. The van der Waals surface area contributed by atoms with Crippen molar-refractivity contribution in [2.24, 2.45) is 0 Å². The van der Waals surface area contributed by atoms with Crippen LogP contribution in [0.5, 0.6) is 0 Å². The molecule has 28 heavy (non-hydrogen) atoms. The molecule has 5 nitrogen and oxygen atoms in total. The van der Waals surface area contributed by atoms with Crippen LogP contribution in [0.3, 0.4) is 0 Å². The summed E-state index contributed by atoms with van der Waals surface area (Å²) < 4.78 is 3.03. The molecule has 8 heteroatoms. The Balaban J connectivity index is 1.64. The summed E-state index contributed by atoms with van der Waals surface area (Å²) in [5.41, 5.74) is 2.04. The van der Waals surface area contributed by atoms with Gasteiger partial charge in [0, 0.05) is 35.2 Å². The fourth-order valence-electron chi connectivity index (χ4n) is 2.68.